The van der Waals surface area contributed by atoms with Crippen molar-refractivity contribution in [3.05, 3.63) is 0 Å². The van der Waals surface area contributed by atoms with E-state index in [1.807, 2.05) is 0 Å². The van der Waals surface area contributed by atoms with Crippen LogP contribution < -0.4 is 5.14 Å². The maximum Gasteiger partial charge on any atom is 0.333 e. The molecule has 0 atom stereocenters. The summed E-state index contributed by atoms with van der Waals surface area (Å²) in [5.41, 5.74) is 0. The van der Waals surface area contributed by atoms with E-state index in [0.717, 1.165) is 25.7 Å². The molecule has 0 amide bonds. The lowest BCUT2D eigenvalue weighted by Crippen LogP contribution is -2.25. The molecule has 0 aromatic carbocycles. The van der Waals surface area contributed by atoms with Gasteiger partial charge in [-0.05, 0) is 12.8 Å². The number of hydrogen-bond donors (Lipinski definition) is 1. The van der Waals surface area contributed by atoms with Gasteiger partial charge in [-0.3, -0.25) is 4.18 Å². The SMILES string of the molecule is NS(=O)(=O)OC1CCCCC1.O. The van der Waals surface area contributed by atoms with Gasteiger partial charge in [-0.25, -0.2) is 5.14 Å². The van der Waals surface area contributed by atoms with Gasteiger partial charge in [0.1, 0.15) is 0 Å². The van der Waals surface area contributed by atoms with Crippen molar-refractivity contribution in [2.45, 2.75) is 38.2 Å². The van der Waals surface area contributed by atoms with Crippen LogP contribution in [0.2, 0.25) is 0 Å². The van der Waals surface area contributed by atoms with Crippen LogP contribution in [0.25, 0.3) is 0 Å². The molecule has 0 aromatic heterocycles. The Bertz CT molecular complexity index is 208. The minimum Gasteiger partial charge on any atom is -0.412 e. The molecular weight excluding hydrogens is 182 g/mol. The van der Waals surface area contributed by atoms with E-state index >= 15 is 0 Å². The van der Waals surface area contributed by atoms with E-state index in [1.54, 1.807) is 0 Å². The first-order valence-electron chi connectivity index (χ1n) is 3.79. The van der Waals surface area contributed by atoms with E-state index < -0.39 is 10.3 Å². The van der Waals surface area contributed by atoms with E-state index in [4.69, 9.17) is 5.14 Å². The molecule has 0 bridgehead atoms. The molecule has 0 unspecified atom stereocenters. The third kappa shape index (κ3) is 4.66. The molecule has 1 aliphatic rings. The van der Waals surface area contributed by atoms with Crippen molar-refractivity contribution in [1.82, 2.24) is 0 Å². The van der Waals surface area contributed by atoms with E-state index in [2.05, 4.69) is 4.18 Å². The lowest BCUT2D eigenvalue weighted by atomic mass is 9.98. The second-order valence-corrected chi connectivity index (χ2v) is 4.03. The Kier molecular flexibility index (Phi) is 4.69. The van der Waals surface area contributed by atoms with Gasteiger partial charge in [-0.2, -0.15) is 8.42 Å². The first-order chi connectivity index (χ1) is 5.08. The number of hydrogen-bond acceptors (Lipinski definition) is 3. The molecule has 1 fully saturated rings. The molecule has 0 aliphatic heterocycles. The Morgan fingerprint density at radius 2 is 1.67 bits per heavy atom. The predicted octanol–water partition coefficient (Wildman–Crippen LogP) is -0.285. The Balaban J connectivity index is 0.00000121. The van der Waals surface area contributed by atoms with Crippen molar-refractivity contribution in [3.8, 4) is 0 Å². The molecule has 0 spiro atoms. The average Bonchev–Trinajstić information content (AvgIpc) is 1.85. The molecule has 12 heavy (non-hydrogen) atoms. The standard InChI is InChI=1S/C6H13NO3S.H2O/c7-11(8,9)10-6-4-2-1-3-5-6;/h6H,1-5H2,(H2,7,8,9);1H2. The van der Waals surface area contributed by atoms with Gasteiger partial charge in [-0.1, -0.05) is 19.3 Å². The maximum atomic E-state index is 10.5. The van der Waals surface area contributed by atoms with Gasteiger partial charge in [0.25, 0.3) is 0 Å². The van der Waals surface area contributed by atoms with Crippen LogP contribution >= 0.6 is 0 Å². The predicted molar refractivity (Wildman–Crippen MR) is 44.7 cm³/mol. The zero-order valence-electron chi connectivity index (χ0n) is 6.82. The Morgan fingerprint density at radius 3 is 2.08 bits per heavy atom. The van der Waals surface area contributed by atoms with Crippen LogP contribution in [-0.2, 0) is 14.5 Å². The van der Waals surface area contributed by atoms with E-state index in [9.17, 15) is 8.42 Å². The van der Waals surface area contributed by atoms with Gasteiger partial charge in [0, 0.05) is 0 Å². The average molecular weight is 197 g/mol. The quantitative estimate of drug-likeness (QED) is 0.658. The van der Waals surface area contributed by atoms with Gasteiger partial charge in [0.15, 0.2) is 0 Å². The molecular formula is C6H15NO4S. The third-order valence-electron chi connectivity index (χ3n) is 1.82. The van der Waals surface area contributed by atoms with Crippen LogP contribution in [-0.4, -0.2) is 20.0 Å². The summed E-state index contributed by atoms with van der Waals surface area (Å²) < 4.78 is 25.5. The van der Waals surface area contributed by atoms with Crippen LogP contribution in [0.15, 0.2) is 0 Å². The van der Waals surface area contributed by atoms with Crippen LogP contribution in [0.3, 0.4) is 0 Å². The molecule has 0 heterocycles. The van der Waals surface area contributed by atoms with Gasteiger partial charge in [-0.15, -0.1) is 0 Å². The molecule has 4 N–H and O–H groups in total. The highest BCUT2D eigenvalue weighted by Crippen LogP contribution is 2.20. The maximum absolute atomic E-state index is 10.5. The summed E-state index contributed by atoms with van der Waals surface area (Å²) in [7, 11) is -3.72. The van der Waals surface area contributed by atoms with Gasteiger partial charge in [0.05, 0.1) is 6.10 Å². The fraction of sp³-hybridized carbons (Fsp3) is 1.00. The molecule has 1 aliphatic carbocycles. The summed E-state index contributed by atoms with van der Waals surface area (Å²) >= 11 is 0. The van der Waals surface area contributed by atoms with Crippen molar-refractivity contribution in [2.24, 2.45) is 5.14 Å². The monoisotopic (exact) mass is 197 g/mol. The molecule has 1 rings (SSSR count). The summed E-state index contributed by atoms with van der Waals surface area (Å²) in [5.74, 6) is 0. The second kappa shape index (κ2) is 4.76. The molecule has 1 saturated carbocycles. The molecule has 74 valence electrons. The smallest absolute Gasteiger partial charge is 0.333 e. The molecule has 0 aromatic rings. The largest absolute Gasteiger partial charge is 0.412 e. The van der Waals surface area contributed by atoms with Crippen molar-refractivity contribution in [2.75, 3.05) is 0 Å². The molecule has 6 heteroatoms. The highest BCUT2D eigenvalue weighted by Gasteiger charge is 2.18. The molecule has 5 nitrogen and oxygen atoms in total. The van der Waals surface area contributed by atoms with Crippen LogP contribution in [0.1, 0.15) is 32.1 Å². The Morgan fingerprint density at radius 1 is 1.17 bits per heavy atom. The van der Waals surface area contributed by atoms with E-state index in [-0.39, 0.29) is 11.6 Å². The Hall–Kier alpha value is -0.170. The first kappa shape index (κ1) is 11.8. The minimum atomic E-state index is -3.72. The highest BCUT2D eigenvalue weighted by atomic mass is 32.2. The molecule has 0 radical (unpaired) electrons. The van der Waals surface area contributed by atoms with Crippen LogP contribution in [0.4, 0.5) is 0 Å². The van der Waals surface area contributed by atoms with Gasteiger partial charge >= 0.3 is 10.3 Å². The normalized spacial score (nSPS) is 20.1. The minimum absolute atomic E-state index is 0. The van der Waals surface area contributed by atoms with Gasteiger partial charge in [0.2, 0.25) is 0 Å². The van der Waals surface area contributed by atoms with Crippen molar-refractivity contribution >= 4 is 10.3 Å². The number of nitrogens with two attached hydrogens (primary N) is 1. The summed E-state index contributed by atoms with van der Waals surface area (Å²) in [4.78, 5) is 0. The third-order valence-corrected chi connectivity index (χ3v) is 2.36. The summed E-state index contributed by atoms with van der Waals surface area (Å²) in [6.07, 6.45) is 4.72. The summed E-state index contributed by atoms with van der Waals surface area (Å²) in [6, 6.07) is 0. The van der Waals surface area contributed by atoms with Crippen molar-refractivity contribution in [3.63, 3.8) is 0 Å². The fourth-order valence-corrected chi connectivity index (χ4v) is 1.92. The molecule has 0 saturated heterocycles. The summed E-state index contributed by atoms with van der Waals surface area (Å²) in [5, 5.41) is 4.72. The lowest BCUT2D eigenvalue weighted by Gasteiger charge is -2.19. The first-order valence-corrected chi connectivity index (χ1v) is 5.26. The highest BCUT2D eigenvalue weighted by molar-refractivity contribution is 7.84. The van der Waals surface area contributed by atoms with Gasteiger partial charge < -0.3 is 5.48 Å². The van der Waals surface area contributed by atoms with E-state index in [0.29, 0.717) is 0 Å². The topological polar surface area (TPSA) is 101 Å². The lowest BCUT2D eigenvalue weighted by molar-refractivity contribution is 0.162. The number of rotatable bonds is 2. The fourth-order valence-electron chi connectivity index (χ4n) is 1.35. The second-order valence-electron chi connectivity index (χ2n) is 2.85. The van der Waals surface area contributed by atoms with Crippen LogP contribution in [0, 0.1) is 0 Å². The van der Waals surface area contributed by atoms with Crippen molar-refractivity contribution < 1.29 is 18.1 Å². The van der Waals surface area contributed by atoms with Crippen molar-refractivity contribution in [1.29, 1.82) is 0 Å². The zero-order valence-corrected chi connectivity index (χ0v) is 7.64. The van der Waals surface area contributed by atoms with E-state index in [1.165, 1.54) is 6.42 Å². The Labute approximate surface area is 72.5 Å². The van der Waals surface area contributed by atoms with Crippen LogP contribution in [0.5, 0.6) is 0 Å². The summed E-state index contributed by atoms with van der Waals surface area (Å²) in [6.45, 7) is 0. The zero-order chi connectivity index (χ0) is 8.32.